The van der Waals surface area contributed by atoms with Gasteiger partial charge in [-0.1, -0.05) is 0 Å². The lowest BCUT2D eigenvalue weighted by Gasteiger charge is -2.38. The summed E-state index contributed by atoms with van der Waals surface area (Å²) in [5.74, 6) is -3.24. The van der Waals surface area contributed by atoms with Crippen molar-refractivity contribution in [3.8, 4) is 5.75 Å². The maximum absolute atomic E-state index is 13.9. The van der Waals surface area contributed by atoms with Crippen LogP contribution in [0.1, 0.15) is 23.2 Å². The smallest absolute Gasteiger partial charge is 0.256 e. The molecule has 1 heterocycles. The zero-order valence-corrected chi connectivity index (χ0v) is 14.9. The maximum Gasteiger partial charge on any atom is 0.256 e. The first-order valence-electron chi connectivity index (χ1n) is 8.78. The van der Waals surface area contributed by atoms with E-state index in [-0.39, 0.29) is 25.1 Å². The fraction of sp³-hybridized carbons (Fsp3) is 0.300. The number of halogens is 3. The van der Waals surface area contributed by atoms with Crippen LogP contribution in [0.15, 0.2) is 42.5 Å². The summed E-state index contributed by atoms with van der Waals surface area (Å²) in [4.78, 5) is 25.5. The van der Waals surface area contributed by atoms with Gasteiger partial charge in [-0.15, -0.1) is 0 Å². The summed E-state index contributed by atoms with van der Waals surface area (Å²) in [6.07, 6.45) is -0.0640. The van der Waals surface area contributed by atoms with Gasteiger partial charge in [0.2, 0.25) is 5.91 Å². The lowest BCUT2D eigenvalue weighted by Crippen LogP contribution is -2.49. The summed E-state index contributed by atoms with van der Waals surface area (Å²) < 4.78 is 45.9. The topological polar surface area (TPSA) is 72.6 Å². The SMILES string of the molecule is NC(=O)C[C@H]1CN(C(=O)c2ccc(F)cc2F)CC[C@@H]1Oc1ccc(F)cc1. The molecular formula is C20H19F3N2O3. The molecular weight excluding hydrogens is 373 g/mol. The molecule has 2 aromatic rings. The van der Waals surface area contributed by atoms with Crippen LogP contribution in [-0.4, -0.2) is 35.9 Å². The predicted octanol–water partition coefficient (Wildman–Crippen LogP) is 2.89. The number of carbonyl (C=O) groups excluding carboxylic acids is 2. The second-order valence-corrected chi connectivity index (χ2v) is 6.70. The largest absolute Gasteiger partial charge is 0.490 e. The number of carbonyl (C=O) groups is 2. The zero-order valence-electron chi connectivity index (χ0n) is 14.9. The Morgan fingerprint density at radius 1 is 1.07 bits per heavy atom. The molecule has 8 heteroatoms. The molecule has 2 atom stereocenters. The molecule has 0 bridgehead atoms. The normalized spacial score (nSPS) is 19.3. The van der Waals surface area contributed by atoms with E-state index in [1.54, 1.807) is 0 Å². The highest BCUT2D eigenvalue weighted by Gasteiger charge is 2.35. The molecule has 1 aliphatic heterocycles. The Labute approximate surface area is 159 Å². The molecule has 3 rings (SSSR count). The summed E-state index contributed by atoms with van der Waals surface area (Å²) in [5.41, 5.74) is 5.08. The van der Waals surface area contributed by atoms with Gasteiger partial charge in [-0.25, -0.2) is 13.2 Å². The number of amides is 2. The predicted molar refractivity (Wildman–Crippen MR) is 95.0 cm³/mol. The molecule has 1 fully saturated rings. The van der Waals surface area contributed by atoms with E-state index < -0.39 is 41.3 Å². The first-order valence-corrected chi connectivity index (χ1v) is 8.78. The van der Waals surface area contributed by atoms with Crippen molar-refractivity contribution in [2.75, 3.05) is 13.1 Å². The molecule has 2 aromatic carbocycles. The third kappa shape index (κ3) is 4.62. The van der Waals surface area contributed by atoms with E-state index in [0.717, 1.165) is 12.1 Å². The van der Waals surface area contributed by atoms with Crippen LogP contribution in [0.25, 0.3) is 0 Å². The van der Waals surface area contributed by atoms with E-state index in [0.29, 0.717) is 18.2 Å². The lowest BCUT2D eigenvalue weighted by atomic mass is 9.90. The summed E-state index contributed by atoms with van der Waals surface area (Å²) in [6, 6.07) is 8.23. The number of piperidine rings is 1. The van der Waals surface area contributed by atoms with Gasteiger partial charge in [0.1, 0.15) is 29.3 Å². The third-order valence-electron chi connectivity index (χ3n) is 4.68. The number of benzene rings is 2. The van der Waals surface area contributed by atoms with Gasteiger partial charge < -0.3 is 15.4 Å². The number of hydrogen-bond donors (Lipinski definition) is 1. The van der Waals surface area contributed by atoms with Crippen molar-refractivity contribution in [1.82, 2.24) is 4.90 Å². The second-order valence-electron chi connectivity index (χ2n) is 6.70. The molecule has 0 aliphatic carbocycles. The highest BCUT2D eigenvalue weighted by atomic mass is 19.1. The van der Waals surface area contributed by atoms with Crippen LogP contribution in [0, 0.1) is 23.4 Å². The standard InChI is InChI=1S/C20H19F3N2O3/c21-13-1-4-15(5-2-13)28-18-7-8-25(11-12(18)9-19(24)26)20(27)16-6-3-14(22)10-17(16)23/h1-6,10,12,18H,7-9,11H2,(H2,24,26)/t12-,18-/m0/s1. The van der Waals surface area contributed by atoms with E-state index in [2.05, 4.69) is 0 Å². The average molecular weight is 392 g/mol. The van der Waals surface area contributed by atoms with Crippen molar-refractivity contribution in [3.05, 3.63) is 65.5 Å². The van der Waals surface area contributed by atoms with E-state index in [1.165, 1.54) is 29.2 Å². The Bertz CT molecular complexity index is 873. The van der Waals surface area contributed by atoms with E-state index in [9.17, 15) is 22.8 Å². The molecule has 2 amide bonds. The Balaban J connectivity index is 1.74. The number of hydrogen-bond acceptors (Lipinski definition) is 3. The Hall–Kier alpha value is -3.03. The number of rotatable bonds is 5. The average Bonchev–Trinajstić information content (AvgIpc) is 2.64. The lowest BCUT2D eigenvalue weighted by molar-refractivity contribution is -0.120. The van der Waals surface area contributed by atoms with Gasteiger partial charge in [0.05, 0.1) is 5.56 Å². The Morgan fingerprint density at radius 3 is 2.39 bits per heavy atom. The monoisotopic (exact) mass is 392 g/mol. The highest BCUT2D eigenvalue weighted by molar-refractivity contribution is 5.94. The molecule has 1 saturated heterocycles. The van der Waals surface area contributed by atoms with Crippen molar-refractivity contribution < 1.29 is 27.5 Å². The van der Waals surface area contributed by atoms with E-state index in [4.69, 9.17) is 10.5 Å². The molecule has 0 saturated carbocycles. The molecule has 0 aromatic heterocycles. The summed E-state index contributed by atoms with van der Waals surface area (Å²) in [5, 5.41) is 0. The zero-order chi connectivity index (χ0) is 20.3. The van der Waals surface area contributed by atoms with Gasteiger partial charge in [-0.3, -0.25) is 9.59 Å². The molecule has 28 heavy (non-hydrogen) atoms. The maximum atomic E-state index is 13.9. The molecule has 0 radical (unpaired) electrons. The van der Waals surface area contributed by atoms with Crippen molar-refractivity contribution >= 4 is 11.8 Å². The van der Waals surface area contributed by atoms with Gasteiger partial charge in [0, 0.05) is 37.9 Å². The van der Waals surface area contributed by atoms with E-state index in [1.807, 2.05) is 0 Å². The van der Waals surface area contributed by atoms with Crippen LogP contribution in [0.3, 0.4) is 0 Å². The molecule has 2 N–H and O–H groups in total. The summed E-state index contributed by atoms with van der Waals surface area (Å²) >= 11 is 0. The van der Waals surface area contributed by atoms with Gasteiger partial charge >= 0.3 is 0 Å². The summed E-state index contributed by atoms with van der Waals surface area (Å²) in [6.45, 7) is 0.390. The highest BCUT2D eigenvalue weighted by Crippen LogP contribution is 2.27. The van der Waals surface area contributed by atoms with Gasteiger partial charge in [0.25, 0.3) is 5.91 Å². The second kappa shape index (κ2) is 8.33. The first kappa shape index (κ1) is 19.7. The van der Waals surface area contributed by atoms with Gasteiger partial charge in [0.15, 0.2) is 0 Å². The minimum atomic E-state index is -0.943. The fourth-order valence-electron chi connectivity index (χ4n) is 3.33. The van der Waals surface area contributed by atoms with Crippen LogP contribution in [0.2, 0.25) is 0 Å². The molecule has 0 spiro atoms. The van der Waals surface area contributed by atoms with Crippen LogP contribution < -0.4 is 10.5 Å². The van der Waals surface area contributed by atoms with Crippen LogP contribution in [0.4, 0.5) is 13.2 Å². The molecule has 0 unspecified atom stereocenters. The van der Waals surface area contributed by atoms with Crippen molar-refractivity contribution in [1.29, 1.82) is 0 Å². The van der Waals surface area contributed by atoms with Crippen molar-refractivity contribution in [2.24, 2.45) is 11.7 Å². The van der Waals surface area contributed by atoms with Crippen molar-refractivity contribution in [2.45, 2.75) is 18.9 Å². The number of primary amides is 1. The first-order chi connectivity index (χ1) is 13.3. The number of likely N-dealkylation sites (tertiary alicyclic amines) is 1. The van der Waals surface area contributed by atoms with Crippen LogP contribution >= 0.6 is 0 Å². The van der Waals surface area contributed by atoms with Gasteiger partial charge in [-0.2, -0.15) is 0 Å². The number of nitrogens with two attached hydrogens (primary N) is 1. The quantitative estimate of drug-likeness (QED) is 0.851. The number of ether oxygens (including phenoxy) is 1. The van der Waals surface area contributed by atoms with Crippen LogP contribution in [-0.2, 0) is 4.79 Å². The molecule has 1 aliphatic rings. The minimum Gasteiger partial charge on any atom is -0.490 e. The summed E-state index contributed by atoms with van der Waals surface area (Å²) in [7, 11) is 0. The molecule has 148 valence electrons. The molecule has 5 nitrogen and oxygen atoms in total. The Kier molecular flexibility index (Phi) is 5.87. The fourth-order valence-corrected chi connectivity index (χ4v) is 3.33. The van der Waals surface area contributed by atoms with Crippen molar-refractivity contribution in [3.63, 3.8) is 0 Å². The van der Waals surface area contributed by atoms with E-state index >= 15 is 0 Å². The Morgan fingerprint density at radius 2 is 1.75 bits per heavy atom. The van der Waals surface area contributed by atoms with Gasteiger partial charge in [-0.05, 0) is 36.4 Å². The third-order valence-corrected chi connectivity index (χ3v) is 4.68. The minimum absolute atomic E-state index is 0.0262. The van der Waals surface area contributed by atoms with Crippen LogP contribution in [0.5, 0.6) is 5.75 Å². The number of nitrogens with zero attached hydrogens (tertiary/aromatic N) is 1.